The van der Waals surface area contributed by atoms with Gasteiger partial charge >= 0.3 is 0 Å². The minimum atomic E-state index is -0.593. The van der Waals surface area contributed by atoms with Crippen molar-refractivity contribution in [3.8, 4) is 5.75 Å². The molecule has 0 saturated heterocycles. The summed E-state index contributed by atoms with van der Waals surface area (Å²) in [7, 11) is 0. The Bertz CT molecular complexity index is 909. The molecular weight excluding hydrogens is 333 g/mol. The van der Waals surface area contributed by atoms with Crippen molar-refractivity contribution in [1.29, 1.82) is 0 Å². The van der Waals surface area contributed by atoms with Gasteiger partial charge in [0, 0.05) is 12.3 Å². The maximum absolute atomic E-state index is 14.3. The lowest BCUT2D eigenvalue weighted by Gasteiger charge is -2.11. The average Bonchev–Trinajstić information content (AvgIpc) is 2.63. The molecule has 3 N–H and O–H groups in total. The molecule has 1 aromatic heterocycles. The highest BCUT2D eigenvalue weighted by Crippen LogP contribution is 2.23. The van der Waals surface area contributed by atoms with E-state index >= 15 is 0 Å². The molecule has 0 spiro atoms. The Kier molecular flexibility index (Phi) is 5.12. The smallest absolute Gasteiger partial charge is 0.259 e. The van der Waals surface area contributed by atoms with Gasteiger partial charge in [0.15, 0.2) is 0 Å². The molecular formula is C20H18FN3O2. The van der Waals surface area contributed by atoms with Crippen LogP contribution >= 0.6 is 0 Å². The number of benzene rings is 2. The van der Waals surface area contributed by atoms with Crippen molar-refractivity contribution in [2.45, 2.75) is 13.5 Å². The lowest BCUT2D eigenvalue weighted by Crippen LogP contribution is -2.17. The van der Waals surface area contributed by atoms with E-state index in [1.165, 1.54) is 18.3 Å². The molecule has 26 heavy (non-hydrogen) atoms. The first-order valence-electron chi connectivity index (χ1n) is 8.03. The number of anilines is 2. The predicted octanol–water partition coefficient (Wildman–Crippen LogP) is 3.94. The number of aromatic nitrogens is 1. The van der Waals surface area contributed by atoms with Crippen LogP contribution in [0.5, 0.6) is 5.75 Å². The third-order valence-electron chi connectivity index (χ3n) is 3.85. The third kappa shape index (κ3) is 3.97. The van der Waals surface area contributed by atoms with Gasteiger partial charge in [-0.2, -0.15) is 0 Å². The zero-order chi connectivity index (χ0) is 18.5. The zero-order valence-corrected chi connectivity index (χ0v) is 14.2. The highest BCUT2D eigenvalue weighted by atomic mass is 19.1. The van der Waals surface area contributed by atoms with E-state index < -0.39 is 11.7 Å². The molecule has 0 bridgehead atoms. The Morgan fingerprint density at radius 3 is 2.65 bits per heavy atom. The first-order chi connectivity index (χ1) is 12.5. The van der Waals surface area contributed by atoms with Crippen molar-refractivity contribution in [2.75, 3.05) is 11.1 Å². The summed E-state index contributed by atoms with van der Waals surface area (Å²) in [5, 5.41) is 2.52. The highest BCUT2D eigenvalue weighted by Gasteiger charge is 2.16. The fraction of sp³-hybridized carbons (Fsp3) is 0.100. The molecule has 1 amide bonds. The Labute approximate surface area is 150 Å². The molecule has 0 aliphatic rings. The Morgan fingerprint density at radius 1 is 1.19 bits per heavy atom. The lowest BCUT2D eigenvalue weighted by molar-refractivity contribution is 0.102. The molecule has 3 rings (SSSR count). The highest BCUT2D eigenvalue weighted by molar-refractivity contribution is 6.08. The van der Waals surface area contributed by atoms with Crippen molar-refractivity contribution in [2.24, 2.45) is 0 Å². The summed E-state index contributed by atoms with van der Waals surface area (Å²) in [6, 6.07) is 15.5. The Morgan fingerprint density at radius 2 is 1.96 bits per heavy atom. The van der Waals surface area contributed by atoms with Crippen LogP contribution in [0.25, 0.3) is 0 Å². The zero-order valence-electron chi connectivity index (χ0n) is 14.2. The van der Waals surface area contributed by atoms with Gasteiger partial charge in [0.25, 0.3) is 5.91 Å². The van der Waals surface area contributed by atoms with Crippen molar-refractivity contribution in [3.05, 3.63) is 83.3 Å². The van der Waals surface area contributed by atoms with E-state index in [1.54, 1.807) is 19.1 Å². The number of amides is 1. The normalized spacial score (nSPS) is 10.4. The van der Waals surface area contributed by atoms with Crippen LogP contribution in [0.3, 0.4) is 0 Å². The van der Waals surface area contributed by atoms with Crippen LogP contribution in [0.2, 0.25) is 0 Å². The molecule has 3 aromatic rings. The number of nitrogen functional groups attached to an aromatic ring is 1. The molecule has 0 atom stereocenters. The third-order valence-corrected chi connectivity index (χ3v) is 3.85. The van der Waals surface area contributed by atoms with Gasteiger partial charge in [-0.05, 0) is 36.2 Å². The second-order valence-corrected chi connectivity index (χ2v) is 5.76. The van der Waals surface area contributed by atoms with Crippen molar-refractivity contribution < 1.29 is 13.9 Å². The standard InChI is InChI=1S/C20H18FN3O2/c1-13-9-10-23-19(22)18(13)20(25)24-17-8-7-15(11-16(17)21)26-12-14-5-3-2-4-6-14/h2-11H,12H2,1H3,(H2,22,23)(H,24,25). The van der Waals surface area contributed by atoms with Crippen LogP contribution in [0, 0.1) is 12.7 Å². The number of halogens is 1. The van der Waals surface area contributed by atoms with E-state index in [0.717, 1.165) is 5.56 Å². The number of nitrogens with zero attached hydrogens (tertiary/aromatic N) is 1. The molecule has 6 heteroatoms. The van der Waals surface area contributed by atoms with Crippen LogP contribution in [0.15, 0.2) is 60.8 Å². The van der Waals surface area contributed by atoms with Crippen LogP contribution in [-0.2, 0) is 6.61 Å². The van der Waals surface area contributed by atoms with E-state index in [9.17, 15) is 9.18 Å². The summed E-state index contributed by atoms with van der Waals surface area (Å²) < 4.78 is 19.9. The Balaban J connectivity index is 1.70. The summed E-state index contributed by atoms with van der Waals surface area (Å²) >= 11 is 0. The van der Waals surface area contributed by atoms with Gasteiger partial charge in [0.2, 0.25) is 0 Å². The quantitative estimate of drug-likeness (QED) is 0.730. The maximum atomic E-state index is 14.3. The fourth-order valence-corrected chi connectivity index (χ4v) is 2.49. The lowest BCUT2D eigenvalue weighted by atomic mass is 10.1. The first-order valence-corrected chi connectivity index (χ1v) is 8.03. The topological polar surface area (TPSA) is 77.2 Å². The maximum Gasteiger partial charge on any atom is 0.259 e. The number of hydrogen-bond donors (Lipinski definition) is 2. The summed E-state index contributed by atoms with van der Waals surface area (Å²) in [6.45, 7) is 2.07. The van der Waals surface area contributed by atoms with Gasteiger partial charge in [-0.3, -0.25) is 4.79 Å². The van der Waals surface area contributed by atoms with Gasteiger partial charge in [-0.25, -0.2) is 9.37 Å². The van der Waals surface area contributed by atoms with Gasteiger partial charge in [0.05, 0.1) is 11.3 Å². The van der Waals surface area contributed by atoms with Crippen LogP contribution in [0.1, 0.15) is 21.5 Å². The molecule has 0 fully saturated rings. The van der Waals surface area contributed by atoms with E-state index in [1.807, 2.05) is 30.3 Å². The van der Waals surface area contributed by atoms with Crippen LogP contribution in [0.4, 0.5) is 15.9 Å². The Hall–Kier alpha value is -3.41. The van der Waals surface area contributed by atoms with Gasteiger partial charge in [0.1, 0.15) is 24.0 Å². The van der Waals surface area contributed by atoms with Crippen molar-refractivity contribution >= 4 is 17.4 Å². The minimum Gasteiger partial charge on any atom is -0.489 e. The van der Waals surface area contributed by atoms with Crippen molar-refractivity contribution in [1.82, 2.24) is 4.98 Å². The summed E-state index contributed by atoms with van der Waals surface area (Å²) in [6.07, 6.45) is 1.51. The molecule has 5 nitrogen and oxygen atoms in total. The molecule has 1 heterocycles. The minimum absolute atomic E-state index is 0.0460. The van der Waals surface area contributed by atoms with E-state index in [0.29, 0.717) is 17.9 Å². The molecule has 0 aliphatic heterocycles. The number of carbonyl (C=O) groups is 1. The molecule has 132 valence electrons. The molecule has 0 aliphatic carbocycles. The number of nitrogens with one attached hydrogen (secondary N) is 1. The number of pyridine rings is 1. The largest absolute Gasteiger partial charge is 0.489 e. The number of rotatable bonds is 5. The van der Waals surface area contributed by atoms with Gasteiger partial charge in [-0.15, -0.1) is 0 Å². The molecule has 0 radical (unpaired) electrons. The second kappa shape index (κ2) is 7.65. The summed E-state index contributed by atoms with van der Waals surface area (Å²) in [4.78, 5) is 16.3. The van der Waals surface area contributed by atoms with Crippen LogP contribution in [-0.4, -0.2) is 10.9 Å². The summed E-state index contributed by atoms with van der Waals surface area (Å²) in [5.41, 5.74) is 7.67. The second-order valence-electron chi connectivity index (χ2n) is 5.76. The number of nitrogens with two attached hydrogens (primary N) is 1. The van der Waals surface area contributed by atoms with Gasteiger partial charge < -0.3 is 15.8 Å². The summed E-state index contributed by atoms with van der Waals surface area (Å²) in [5.74, 6) is -0.624. The molecule has 2 aromatic carbocycles. The monoisotopic (exact) mass is 351 g/mol. The predicted molar refractivity (Wildman–Crippen MR) is 98.5 cm³/mol. The number of hydrogen-bond acceptors (Lipinski definition) is 4. The van der Waals surface area contributed by atoms with Gasteiger partial charge in [-0.1, -0.05) is 30.3 Å². The molecule has 0 saturated carbocycles. The number of ether oxygens (including phenoxy) is 1. The first kappa shape index (κ1) is 17.4. The molecule has 0 unspecified atom stereocenters. The fourth-order valence-electron chi connectivity index (χ4n) is 2.49. The average molecular weight is 351 g/mol. The van der Waals surface area contributed by atoms with Crippen molar-refractivity contribution in [3.63, 3.8) is 0 Å². The van der Waals surface area contributed by atoms with E-state index in [2.05, 4.69) is 10.3 Å². The number of carbonyl (C=O) groups excluding carboxylic acids is 1. The van der Waals surface area contributed by atoms with E-state index in [4.69, 9.17) is 10.5 Å². The number of aryl methyl sites for hydroxylation is 1. The van der Waals surface area contributed by atoms with Crippen LogP contribution < -0.4 is 15.8 Å². The SMILES string of the molecule is Cc1ccnc(N)c1C(=O)Nc1ccc(OCc2ccccc2)cc1F. The van der Waals surface area contributed by atoms with E-state index in [-0.39, 0.29) is 17.1 Å².